The number of carboxylic acids is 1. The molecule has 0 spiro atoms. The van der Waals surface area contributed by atoms with Gasteiger partial charge in [0.25, 0.3) is 0 Å². The van der Waals surface area contributed by atoms with Gasteiger partial charge in [0.1, 0.15) is 0 Å². The van der Waals surface area contributed by atoms with E-state index in [9.17, 15) is 9.59 Å². The average Bonchev–Trinajstić information content (AvgIpc) is 2.93. The van der Waals surface area contributed by atoms with E-state index in [0.29, 0.717) is 0 Å². The van der Waals surface area contributed by atoms with Crippen molar-refractivity contribution in [2.45, 2.75) is 26.8 Å². The molecule has 1 fully saturated rings. The molecule has 1 saturated carbocycles. The lowest BCUT2D eigenvalue weighted by Crippen LogP contribution is -2.29. The zero-order chi connectivity index (χ0) is 14.2. The van der Waals surface area contributed by atoms with Crippen molar-refractivity contribution in [1.29, 1.82) is 0 Å². The SMILES string of the molecule is CC(NC(=O)[C@H]1[C@@H](C(=O)O)C1(C)C)c1ccccc1. The monoisotopic (exact) mass is 261 g/mol. The topological polar surface area (TPSA) is 66.4 Å². The Hall–Kier alpha value is -1.84. The third-order valence-corrected chi connectivity index (χ3v) is 4.03. The summed E-state index contributed by atoms with van der Waals surface area (Å²) in [6, 6.07) is 9.52. The summed E-state index contributed by atoms with van der Waals surface area (Å²) in [5, 5.41) is 12.0. The van der Waals surface area contributed by atoms with E-state index in [-0.39, 0.29) is 11.9 Å². The molecule has 0 aliphatic heterocycles. The minimum absolute atomic E-state index is 0.112. The average molecular weight is 261 g/mol. The highest BCUT2D eigenvalue weighted by Crippen LogP contribution is 2.58. The first-order valence-electron chi connectivity index (χ1n) is 6.44. The molecular formula is C15H19NO3. The van der Waals surface area contributed by atoms with Gasteiger partial charge in [-0.3, -0.25) is 9.59 Å². The molecule has 2 N–H and O–H groups in total. The lowest BCUT2D eigenvalue weighted by molar-refractivity contribution is -0.140. The summed E-state index contributed by atoms with van der Waals surface area (Å²) in [5.74, 6) is -2.07. The van der Waals surface area contributed by atoms with Crippen LogP contribution in [0, 0.1) is 17.3 Å². The van der Waals surface area contributed by atoms with Crippen molar-refractivity contribution in [2.24, 2.45) is 17.3 Å². The number of hydrogen-bond acceptors (Lipinski definition) is 2. The van der Waals surface area contributed by atoms with Gasteiger partial charge in [-0.15, -0.1) is 0 Å². The van der Waals surface area contributed by atoms with Gasteiger partial charge in [-0.2, -0.15) is 0 Å². The van der Waals surface area contributed by atoms with Crippen LogP contribution in [0.15, 0.2) is 30.3 Å². The molecule has 1 aliphatic rings. The van der Waals surface area contributed by atoms with E-state index in [1.54, 1.807) is 0 Å². The minimum Gasteiger partial charge on any atom is -0.481 e. The summed E-state index contributed by atoms with van der Waals surface area (Å²) in [5.41, 5.74) is 0.563. The summed E-state index contributed by atoms with van der Waals surface area (Å²) in [6.07, 6.45) is 0. The first-order chi connectivity index (χ1) is 8.85. The van der Waals surface area contributed by atoms with Crippen LogP contribution in [-0.2, 0) is 9.59 Å². The molecule has 19 heavy (non-hydrogen) atoms. The molecule has 0 radical (unpaired) electrons. The van der Waals surface area contributed by atoms with Gasteiger partial charge in [-0.1, -0.05) is 44.2 Å². The molecule has 4 nitrogen and oxygen atoms in total. The summed E-state index contributed by atoms with van der Waals surface area (Å²) in [6.45, 7) is 5.55. The van der Waals surface area contributed by atoms with Crippen LogP contribution in [0.2, 0.25) is 0 Å². The van der Waals surface area contributed by atoms with Crippen molar-refractivity contribution in [2.75, 3.05) is 0 Å². The van der Waals surface area contributed by atoms with Crippen LogP contribution >= 0.6 is 0 Å². The number of nitrogens with one attached hydrogen (secondary N) is 1. The first-order valence-corrected chi connectivity index (χ1v) is 6.44. The van der Waals surface area contributed by atoms with Crippen LogP contribution in [-0.4, -0.2) is 17.0 Å². The van der Waals surface area contributed by atoms with E-state index < -0.39 is 23.2 Å². The molecule has 1 aliphatic carbocycles. The zero-order valence-electron chi connectivity index (χ0n) is 11.4. The largest absolute Gasteiger partial charge is 0.481 e. The molecule has 1 aromatic rings. The predicted octanol–water partition coefficient (Wildman–Crippen LogP) is 2.22. The molecule has 0 heterocycles. The molecule has 0 aromatic heterocycles. The molecule has 0 bridgehead atoms. The summed E-state index contributed by atoms with van der Waals surface area (Å²) >= 11 is 0. The molecule has 4 heteroatoms. The molecule has 0 saturated heterocycles. The smallest absolute Gasteiger partial charge is 0.307 e. The van der Waals surface area contributed by atoms with Gasteiger partial charge in [0, 0.05) is 0 Å². The Kier molecular flexibility index (Phi) is 3.35. The Morgan fingerprint density at radius 1 is 1.21 bits per heavy atom. The molecule has 3 atom stereocenters. The molecule has 1 amide bonds. The predicted molar refractivity (Wildman–Crippen MR) is 71.4 cm³/mol. The van der Waals surface area contributed by atoms with Crippen molar-refractivity contribution < 1.29 is 14.7 Å². The Bertz CT molecular complexity index is 495. The second-order valence-electron chi connectivity index (χ2n) is 5.76. The van der Waals surface area contributed by atoms with Gasteiger partial charge < -0.3 is 10.4 Å². The Morgan fingerprint density at radius 3 is 2.26 bits per heavy atom. The number of carbonyl (C=O) groups is 2. The van der Waals surface area contributed by atoms with E-state index in [0.717, 1.165) is 5.56 Å². The van der Waals surface area contributed by atoms with E-state index in [2.05, 4.69) is 5.32 Å². The van der Waals surface area contributed by atoms with Crippen molar-refractivity contribution in [1.82, 2.24) is 5.32 Å². The number of carbonyl (C=O) groups excluding carboxylic acids is 1. The van der Waals surface area contributed by atoms with Gasteiger partial charge in [-0.05, 0) is 17.9 Å². The first kappa shape index (κ1) is 13.6. The number of hydrogen-bond donors (Lipinski definition) is 2. The fraction of sp³-hybridized carbons (Fsp3) is 0.467. The number of benzene rings is 1. The van der Waals surface area contributed by atoms with Crippen molar-refractivity contribution >= 4 is 11.9 Å². The van der Waals surface area contributed by atoms with Crippen LogP contribution in [0.4, 0.5) is 0 Å². The fourth-order valence-electron chi connectivity index (χ4n) is 2.72. The van der Waals surface area contributed by atoms with Gasteiger partial charge in [0.05, 0.1) is 17.9 Å². The highest BCUT2D eigenvalue weighted by Gasteiger charge is 2.65. The van der Waals surface area contributed by atoms with Gasteiger partial charge in [-0.25, -0.2) is 0 Å². The Morgan fingerprint density at radius 2 is 1.79 bits per heavy atom. The Balaban J connectivity index is 2.02. The maximum absolute atomic E-state index is 12.1. The number of aliphatic carboxylic acids is 1. The molecule has 102 valence electrons. The van der Waals surface area contributed by atoms with Crippen LogP contribution < -0.4 is 5.32 Å². The second-order valence-corrected chi connectivity index (χ2v) is 5.76. The summed E-state index contributed by atoms with van der Waals surface area (Å²) in [4.78, 5) is 23.2. The minimum atomic E-state index is -0.891. The second kappa shape index (κ2) is 4.68. The molecular weight excluding hydrogens is 242 g/mol. The van der Waals surface area contributed by atoms with Gasteiger partial charge in [0.2, 0.25) is 5.91 Å². The highest BCUT2D eigenvalue weighted by atomic mass is 16.4. The quantitative estimate of drug-likeness (QED) is 0.873. The maximum Gasteiger partial charge on any atom is 0.307 e. The molecule has 1 aromatic carbocycles. The lowest BCUT2D eigenvalue weighted by Gasteiger charge is -2.14. The van der Waals surface area contributed by atoms with Crippen molar-refractivity contribution in [3.8, 4) is 0 Å². The van der Waals surface area contributed by atoms with Crippen LogP contribution in [0.25, 0.3) is 0 Å². The maximum atomic E-state index is 12.1. The standard InChI is InChI=1S/C15H19NO3/c1-9(10-7-5-4-6-8-10)16-13(17)11-12(14(18)19)15(11,2)3/h4-9,11-12H,1-3H3,(H,16,17)(H,18,19)/t9?,11-,12+/m1/s1. The Labute approximate surface area is 112 Å². The molecule has 1 unspecified atom stereocenters. The number of amides is 1. The summed E-state index contributed by atoms with van der Waals surface area (Å²) < 4.78 is 0. The van der Waals surface area contributed by atoms with Crippen molar-refractivity contribution in [3.05, 3.63) is 35.9 Å². The summed E-state index contributed by atoms with van der Waals surface area (Å²) in [7, 11) is 0. The van der Waals surface area contributed by atoms with Gasteiger partial charge >= 0.3 is 5.97 Å². The van der Waals surface area contributed by atoms with E-state index in [1.165, 1.54) is 0 Å². The third-order valence-electron chi connectivity index (χ3n) is 4.03. The van der Waals surface area contributed by atoms with Gasteiger partial charge in [0.15, 0.2) is 0 Å². The van der Waals surface area contributed by atoms with E-state index in [4.69, 9.17) is 5.11 Å². The number of carboxylic acid groups (broad SMARTS) is 1. The van der Waals surface area contributed by atoms with Crippen LogP contribution in [0.1, 0.15) is 32.4 Å². The lowest BCUT2D eigenvalue weighted by atomic mass is 10.1. The number of rotatable bonds is 4. The fourth-order valence-corrected chi connectivity index (χ4v) is 2.72. The molecule has 2 rings (SSSR count). The van der Waals surface area contributed by atoms with Crippen molar-refractivity contribution in [3.63, 3.8) is 0 Å². The highest BCUT2D eigenvalue weighted by molar-refractivity contribution is 5.91. The van der Waals surface area contributed by atoms with E-state index in [1.807, 2.05) is 51.1 Å². The normalized spacial score (nSPS) is 25.4. The van der Waals surface area contributed by atoms with E-state index >= 15 is 0 Å². The zero-order valence-corrected chi connectivity index (χ0v) is 11.4. The third kappa shape index (κ3) is 2.48. The van der Waals surface area contributed by atoms with Crippen LogP contribution in [0.5, 0.6) is 0 Å². The van der Waals surface area contributed by atoms with Crippen LogP contribution in [0.3, 0.4) is 0 Å².